The SMILES string of the molecule is COC(=O)[C@H]1CCCN[C@@H]1C.Cl. The number of hydrogen-bond donors (Lipinski definition) is 1. The van der Waals surface area contributed by atoms with E-state index in [4.69, 9.17) is 0 Å². The molecule has 0 aliphatic carbocycles. The van der Waals surface area contributed by atoms with Gasteiger partial charge in [0.1, 0.15) is 0 Å². The first-order valence-electron chi connectivity index (χ1n) is 4.07. The lowest BCUT2D eigenvalue weighted by Crippen LogP contribution is -2.43. The van der Waals surface area contributed by atoms with Crippen LogP contribution in [0.15, 0.2) is 0 Å². The summed E-state index contributed by atoms with van der Waals surface area (Å²) in [6.07, 6.45) is 2.03. The number of piperidine rings is 1. The molecule has 0 spiro atoms. The maximum Gasteiger partial charge on any atom is 0.310 e. The van der Waals surface area contributed by atoms with Gasteiger partial charge in [0.15, 0.2) is 0 Å². The second-order valence-electron chi connectivity index (χ2n) is 3.01. The minimum absolute atomic E-state index is 0. The Morgan fingerprint density at radius 1 is 1.58 bits per heavy atom. The molecule has 1 heterocycles. The zero-order chi connectivity index (χ0) is 8.27. The van der Waals surface area contributed by atoms with Gasteiger partial charge in [0.25, 0.3) is 0 Å². The first kappa shape index (κ1) is 11.7. The van der Waals surface area contributed by atoms with Crippen LogP contribution >= 0.6 is 12.4 Å². The van der Waals surface area contributed by atoms with E-state index in [1.807, 2.05) is 6.92 Å². The average Bonchev–Trinajstić information content (AvgIpc) is 2.04. The van der Waals surface area contributed by atoms with Crippen LogP contribution in [0.5, 0.6) is 0 Å². The van der Waals surface area contributed by atoms with Crippen molar-refractivity contribution in [1.29, 1.82) is 0 Å². The predicted octanol–water partition coefficient (Wildman–Crippen LogP) is 0.969. The lowest BCUT2D eigenvalue weighted by Gasteiger charge is -2.27. The quantitative estimate of drug-likeness (QED) is 0.631. The van der Waals surface area contributed by atoms with Crippen molar-refractivity contribution in [3.05, 3.63) is 0 Å². The maximum atomic E-state index is 11.1. The molecule has 2 atom stereocenters. The minimum Gasteiger partial charge on any atom is -0.469 e. The number of esters is 1. The Labute approximate surface area is 79.3 Å². The second-order valence-corrected chi connectivity index (χ2v) is 3.01. The summed E-state index contributed by atoms with van der Waals surface area (Å²) in [7, 11) is 1.45. The molecule has 1 aliphatic heterocycles. The Balaban J connectivity index is 0.00000121. The highest BCUT2D eigenvalue weighted by Gasteiger charge is 2.27. The molecule has 1 rings (SSSR count). The van der Waals surface area contributed by atoms with Crippen molar-refractivity contribution < 1.29 is 9.53 Å². The van der Waals surface area contributed by atoms with E-state index in [1.54, 1.807) is 0 Å². The number of carbonyl (C=O) groups excluding carboxylic acids is 1. The average molecular weight is 194 g/mol. The smallest absolute Gasteiger partial charge is 0.310 e. The van der Waals surface area contributed by atoms with Crippen molar-refractivity contribution >= 4 is 18.4 Å². The third kappa shape index (κ3) is 2.64. The van der Waals surface area contributed by atoms with E-state index < -0.39 is 0 Å². The van der Waals surface area contributed by atoms with Crippen LogP contribution < -0.4 is 5.32 Å². The predicted molar refractivity (Wildman–Crippen MR) is 49.5 cm³/mol. The van der Waals surface area contributed by atoms with E-state index in [2.05, 4.69) is 10.1 Å². The van der Waals surface area contributed by atoms with E-state index in [0.717, 1.165) is 19.4 Å². The van der Waals surface area contributed by atoms with Gasteiger partial charge in [0, 0.05) is 6.04 Å². The molecule has 3 nitrogen and oxygen atoms in total. The third-order valence-electron chi connectivity index (χ3n) is 2.27. The summed E-state index contributed by atoms with van der Waals surface area (Å²) in [5, 5.41) is 3.25. The Bertz CT molecular complexity index is 152. The Hall–Kier alpha value is -0.280. The first-order valence-corrected chi connectivity index (χ1v) is 4.07. The molecule has 0 aromatic rings. The van der Waals surface area contributed by atoms with Crippen LogP contribution in [0.2, 0.25) is 0 Å². The molecule has 0 saturated carbocycles. The molecule has 1 aliphatic rings. The molecule has 72 valence electrons. The van der Waals surface area contributed by atoms with Gasteiger partial charge in [-0.1, -0.05) is 0 Å². The van der Waals surface area contributed by atoms with Crippen LogP contribution in [0, 0.1) is 5.92 Å². The molecule has 0 aromatic heterocycles. The van der Waals surface area contributed by atoms with Crippen LogP contribution in [-0.4, -0.2) is 25.7 Å². The second kappa shape index (κ2) is 5.38. The number of methoxy groups -OCH3 is 1. The lowest BCUT2D eigenvalue weighted by molar-refractivity contribution is -0.147. The minimum atomic E-state index is -0.0790. The van der Waals surface area contributed by atoms with Gasteiger partial charge < -0.3 is 10.1 Å². The zero-order valence-electron chi connectivity index (χ0n) is 7.50. The van der Waals surface area contributed by atoms with Gasteiger partial charge in [0.05, 0.1) is 13.0 Å². The Kier molecular flexibility index (Phi) is 5.25. The van der Waals surface area contributed by atoms with Crippen LogP contribution in [-0.2, 0) is 9.53 Å². The molecule has 1 saturated heterocycles. The summed E-state index contributed by atoms with van der Waals surface area (Å²) in [5.41, 5.74) is 0. The summed E-state index contributed by atoms with van der Waals surface area (Å²) in [6.45, 7) is 3.05. The number of ether oxygens (including phenoxy) is 1. The van der Waals surface area contributed by atoms with Gasteiger partial charge in [-0.3, -0.25) is 4.79 Å². The van der Waals surface area contributed by atoms with Crippen molar-refractivity contribution in [3.8, 4) is 0 Å². The highest BCUT2D eigenvalue weighted by atomic mass is 35.5. The topological polar surface area (TPSA) is 38.3 Å². The van der Waals surface area contributed by atoms with Gasteiger partial charge in [-0.05, 0) is 26.3 Å². The van der Waals surface area contributed by atoms with E-state index in [9.17, 15) is 4.79 Å². The van der Waals surface area contributed by atoms with E-state index >= 15 is 0 Å². The Morgan fingerprint density at radius 2 is 2.25 bits per heavy atom. The van der Waals surface area contributed by atoms with Gasteiger partial charge in [-0.2, -0.15) is 0 Å². The third-order valence-corrected chi connectivity index (χ3v) is 2.27. The first-order chi connectivity index (χ1) is 5.25. The van der Waals surface area contributed by atoms with Crippen LogP contribution in [0.25, 0.3) is 0 Å². The standard InChI is InChI=1S/C8H15NO2.ClH/c1-6-7(8(10)11-2)4-3-5-9-6;/h6-7,9H,3-5H2,1-2H3;1H/t6-,7+;/m1./s1. The normalized spacial score (nSPS) is 28.8. The zero-order valence-corrected chi connectivity index (χ0v) is 8.32. The number of hydrogen-bond acceptors (Lipinski definition) is 3. The van der Waals surface area contributed by atoms with E-state index in [-0.39, 0.29) is 30.3 Å². The van der Waals surface area contributed by atoms with Crippen molar-refractivity contribution in [2.45, 2.75) is 25.8 Å². The number of carbonyl (C=O) groups is 1. The van der Waals surface area contributed by atoms with Crippen LogP contribution in [0.3, 0.4) is 0 Å². The summed E-state index contributed by atoms with van der Waals surface area (Å²) in [4.78, 5) is 11.1. The van der Waals surface area contributed by atoms with Crippen molar-refractivity contribution in [2.75, 3.05) is 13.7 Å². The lowest BCUT2D eigenvalue weighted by atomic mass is 9.92. The summed E-state index contributed by atoms with van der Waals surface area (Å²) < 4.78 is 4.68. The number of nitrogens with one attached hydrogen (secondary N) is 1. The molecule has 4 heteroatoms. The van der Waals surface area contributed by atoms with Crippen molar-refractivity contribution in [2.24, 2.45) is 5.92 Å². The molecule has 0 unspecified atom stereocenters. The van der Waals surface area contributed by atoms with E-state index in [1.165, 1.54) is 7.11 Å². The fourth-order valence-electron chi connectivity index (χ4n) is 1.52. The molecule has 0 amide bonds. The van der Waals surface area contributed by atoms with Crippen molar-refractivity contribution in [3.63, 3.8) is 0 Å². The molecule has 1 fully saturated rings. The molecule has 0 aromatic carbocycles. The molecule has 1 N–H and O–H groups in total. The van der Waals surface area contributed by atoms with E-state index in [0.29, 0.717) is 0 Å². The van der Waals surface area contributed by atoms with Gasteiger partial charge in [-0.15, -0.1) is 12.4 Å². The maximum absolute atomic E-state index is 11.1. The highest BCUT2D eigenvalue weighted by molar-refractivity contribution is 5.85. The van der Waals surface area contributed by atoms with Crippen molar-refractivity contribution in [1.82, 2.24) is 5.32 Å². The monoisotopic (exact) mass is 193 g/mol. The van der Waals surface area contributed by atoms with Crippen LogP contribution in [0.4, 0.5) is 0 Å². The fraction of sp³-hybridized carbons (Fsp3) is 0.875. The van der Waals surface area contributed by atoms with Gasteiger partial charge >= 0.3 is 5.97 Å². The van der Waals surface area contributed by atoms with Crippen LogP contribution in [0.1, 0.15) is 19.8 Å². The molecule has 12 heavy (non-hydrogen) atoms. The van der Waals surface area contributed by atoms with Gasteiger partial charge in [0.2, 0.25) is 0 Å². The largest absolute Gasteiger partial charge is 0.469 e. The highest BCUT2D eigenvalue weighted by Crippen LogP contribution is 2.16. The Morgan fingerprint density at radius 3 is 2.75 bits per heavy atom. The van der Waals surface area contributed by atoms with Gasteiger partial charge in [-0.25, -0.2) is 0 Å². The molecular formula is C8H16ClNO2. The summed E-state index contributed by atoms with van der Waals surface area (Å²) in [5.74, 6) is -0.0153. The molecular weight excluding hydrogens is 178 g/mol. The summed E-state index contributed by atoms with van der Waals surface area (Å²) in [6, 6.07) is 0.274. The number of rotatable bonds is 1. The fourth-order valence-corrected chi connectivity index (χ4v) is 1.52. The molecule has 0 bridgehead atoms. The molecule has 0 radical (unpaired) electrons. The summed E-state index contributed by atoms with van der Waals surface area (Å²) >= 11 is 0. The number of halogens is 1.